The van der Waals surface area contributed by atoms with Crippen LogP contribution >= 0.6 is 0 Å². The van der Waals surface area contributed by atoms with Crippen LogP contribution in [0.25, 0.3) is 0 Å². The first kappa shape index (κ1) is 15.6. The molecule has 6 heteroatoms. The van der Waals surface area contributed by atoms with Gasteiger partial charge in [0.25, 0.3) is 0 Å². The maximum absolute atomic E-state index is 12.4. The molecule has 0 aliphatic carbocycles. The molecule has 0 saturated carbocycles. The molecule has 23 heavy (non-hydrogen) atoms. The van der Waals surface area contributed by atoms with Crippen molar-refractivity contribution in [3.63, 3.8) is 0 Å². The maximum Gasteiger partial charge on any atom is 0.410 e. The number of likely N-dealkylation sites (tertiary alicyclic amines) is 1. The van der Waals surface area contributed by atoms with Gasteiger partial charge in [-0.25, -0.2) is 9.59 Å². The van der Waals surface area contributed by atoms with Gasteiger partial charge in [-0.05, 0) is 36.5 Å². The standard InChI is InChI=1S/C17H23N3O3/c1-13-4-3-7-19(11-13)16(21)18-15-6-2-5-14(10-15)12-20-8-9-23-17(20)22/h2,5-6,10,13H,3-4,7-9,11-12H2,1H3,(H,18,21)/t13-/m1/s1. The van der Waals surface area contributed by atoms with Gasteiger partial charge in [-0.3, -0.25) is 0 Å². The Morgan fingerprint density at radius 2 is 2.26 bits per heavy atom. The number of nitrogens with zero attached hydrogens (tertiary/aromatic N) is 2. The van der Waals surface area contributed by atoms with Crippen LogP contribution < -0.4 is 5.32 Å². The van der Waals surface area contributed by atoms with Gasteiger partial charge in [-0.2, -0.15) is 0 Å². The Hall–Kier alpha value is -2.24. The third kappa shape index (κ3) is 3.94. The van der Waals surface area contributed by atoms with Crippen LogP contribution in [0.4, 0.5) is 15.3 Å². The summed E-state index contributed by atoms with van der Waals surface area (Å²) >= 11 is 0. The van der Waals surface area contributed by atoms with Crippen LogP contribution in [0.3, 0.4) is 0 Å². The van der Waals surface area contributed by atoms with E-state index in [0.717, 1.165) is 30.8 Å². The van der Waals surface area contributed by atoms with Crippen LogP contribution in [0, 0.1) is 5.92 Å². The van der Waals surface area contributed by atoms with Gasteiger partial charge in [0, 0.05) is 25.3 Å². The molecule has 0 aromatic heterocycles. The molecular formula is C17H23N3O3. The van der Waals surface area contributed by atoms with Gasteiger partial charge < -0.3 is 19.9 Å². The predicted molar refractivity (Wildman–Crippen MR) is 87.2 cm³/mol. The highest BCUT2D eigenvalue weighted by Crippen LogP contribution is 2.18. The van der Waals surface area contributed by atoms with Gasteiger partial charge >= 0.3 is 12.1 Å². The van der Waals surface area contributed by atoms with Crippen molar-refractivity contribution in [3.05, 3.63) is 29.8 Å². The van der Waals surface area contributed by atoms with Crippen LogP contribution in [-0.2, 0) is 11.3 Å². The molecule has 0 unspecified atom stereocenters. The van der Waals surface area contributed by atoms with Crippen molar-refractivity contribution < 1.29 is 14.3 Å². The van der Waals surface area contributed by atoms with Crippen molar-refractivity contribution >= 4 is 17.8 Å². The van der Waals surface area contributed by atoms with Crippen molar-refractivity contribution in [3.8, 4) is 0 Å². The van der Waals surface area contributed by atoms with E-state index in [1.807, 2.05) is 29.2 Å². The molecule has 0 radical (unpaired) electrons. The number of amides is 3. The van der Waals surface area contributed by atoms with Gasteiger partial charge in [0.2, 0.25) is 0 Å². The van der Waals surface area contributed by atoms with Crippen LogP contribution in [0.15, 0.2) is 24.3 Å². The number of urea groups is 1. The van der Waals surface area contributed by atoms with E-state index in [2.05, 4.69) is 12.2 Å². The number of carbonyl (C=O) groups is 2. The number of hydrogen-bond acceptors (Lipinski definition) is 3. The number of piperidine rings is 1. The van der Waals surface area contributed by atoms with E-state index < -0.39 is 0 Å². The molecule has 2 heterocycles. The van der Waals surface area contributed by atoms with E-state index in [1.165, 1.54) is 6.42 Å². The Labute approximate surface area is 136 Å². The average molecular weight is 317 g/mol. The molecule has 6 nitrogen and oxygen atoms in total. The zero-order chi connectivity index (χ0) is 16.2. The molecule has 124 valence electrons. The molecule has 2 aliphatic rings. The minimum atomic E-state index is -0.276. The molecule has 2 saturated heterocycles. The second-order valence-electron chi connectivity index (χ2n) is 6.36. The molecule has 2 fully saturated rings. The second-order valence-corrected chi connectivity index (χ2v) is 6.36. The molecule has 3 rings (SSSR count). The van der Waals surface area contributed by atoms with Crippen molar-refractivity contribution in [2.45, 2.75) is 26.3 Å². The smallest absolute Gasteiger partial charge is 0.410 e. The lowest BCUT2D eigenvalue weighted by Gasteiger charge is -2.31. The summed E-state index contributed by atoms with van der Waals surface area (Å²) in [7, 11) is 0. The van der Waals surface area contributed by atoms with Crippen molar-refractivity contribution in [2.75, 3.05) is 31.6 Å². The van der Waals surface area contributed by atoms with Crippen LogP contribution in [0.1, 0.15) is 25.3 Å². The van der Waals surface area contributed by atoms with Crippen molar-refractivity contribution in [1.29, 1.82) is 0 Å². The minimum Gasteiger partial charge on any atom is -0.448 e. The highest BCUT2D eigenvalue weighted by molar-refractivity contribution is 5.89. The Kier molecular flexibility index (Phi) is 4.69. The van der Waals surface area contributed by atoms with Crippen molar-refractivity contribution in [1.82, 2.24) is 9.80 Å². The van der Waals surface area contributed by atoms with Gasteiger partial charge in [0.15, 0.2) is 0 Å². The van der Waals surface area contributed by atoms with E-state index in [1.54, 1.807) is 4.90 Å². The number of hydrogen-bond donors (Lipinski definition) is 1. The topological polar surface area (TPSA) is 61.9 Å². The highest BCUT2D eigenvalue weighted by Gasteiger charge is 2.23. The van der Waals surface area contributed by atoms with Gasteiger partial charge in [0.05, 0.1) is 6.54 Å². The Balaban J connectivity index is 1.60. The number of benzene rings is 1. The van der Waals surface area contributed by atoms with Crippen molar-refractivity contribution in [2.24, 2.45) is 5.92 Å². The molecule has 0 spiro atoms. The zero-order valence-electron chi connectivity index (χ0n) is 13.5. The fraction of sp³-hybridized carbons (Fsp3) is 0.529. The van der Waals surface area contributed by atoms with Gasteiger partial charge in [0.1, 0.15) is 6.61 Å². The number of rotatable bonds is 3. The van der Waals surface area contributed by atoms with Gasteiger partial charge in [-0.15, -0.1) is 0 Å². The predicted octanol–water partition coefficient (Wildman–Crippen LogP) is 2.90. The molecule has 1 aromatic carbocycles. The molecule has 1 aromatic rings. The second kappa shape index (κ2) is 6.89. The number of anilines is 1. The lowest BCUT2D eigenvalue weighted by Crippen LogP contribution is -2.41. The van der Waals surface area contributed by atoms with E-state index in [-0.39, 0.29) is 12.1 Å². The Bertz CT molecular complexity index is 590. The summed E-state index contributed by atoms with van der Waals surface area (Å²) in [5.74, 6) is 0.557. The fourth-order valence-corrected chi connectivity index (χ4v) is 3.11. The van der Waals surface area contributed by atoms with Crippen LogP contribution in [0.5, 0.6) is 0 Å². The van der Waals surface area contributed by atoms with Crippen LogP contribution in [0.2, 0.25) is 0 Å². The third-order valence-electron chi connectivity index (χ3n) is 4.34. The number of cyclic esters (lactones) is 1. The van der Waals surface area contributed by atoms with E-state index >= 15 is 0 Å². The summed E-state index contributed by atoms with van der Waals surface area (Å²) in [4.78, 5) is 27.4. The first-order chi connectivity index (χ1) is 11.1. The van der Waals surface area contributed by atoms with Crippen LogP contribution in [-0.4, -0.2) is 48.2 Å². The fourth-order valence-electron chi connectivity index (χ4n) is 3.11. The molecule has 3 amide bonds. The van der Waals surface area contributed by atoms with E-state index in [9.17, 15) is 9.59 Å². The summed E-state index contributed by atoms with van der Waals surface area (Å²) in [5.41, 5.74) is 1.74. The molecule has 1 atom stereocenters. The largest absolute Gasteiger partial charge is 0.448 e. The number of nitrogens with one attached hydrogen (secondary N) is 1. The lowest BCUT2D eigenvalue weighted by atomic mass is 10.0. The van der Waals surface area contributed by atoms with E-state index in [4.69, 9.17) is 4.74 Å². The quantitative estimate of drug-likeness (QED) is 0.932. The van der Waals surface area contributed by atoms with Gasteiger partial charge in [-0.1, -0.05) is 19.1 Å². The molecule has 0 bridgehead atoms. The first-order valence-electron chi connectivity index (χ1n) is 8.18. The molecular weight excluding hydrogens is 294 g/mol. The Morgan fingerprint density at radius 3 is 3.00 bits per heavy atom. The zero-order valence-corrected chi connectivity index (χ0v) is 13.5. The number of ether oxygens (including phenoxy) is 1. The molecule has 1 N–H and O–H groups in total. The Morgan fingerprint density at radius 1 is 1.39 bits per heavy atom. The summed E-state index contributed by atoms with van der Waals surface area (Å²) in [5, 5.41) is 2.96. The third-order valence-corrected chi connectivity index (χ3v) is 4.34. The summed E-state index contributed by atoms with van der Waals surface area (Å²) in [6.07, 6.45) is 1.97. The molecule has 2 aliphatic heterocycles. The summed E-state index contributed by atoms with van der Waals surface area (Å²) < 4.78 is 4.93. The minimum absolute atomic E-state index is 0.0470. The SMILES string of the molecule is C[C@@H]1CCCN(C(=O)Nc2cccc(CN3CCOC3=O)c2)C1. The first-order valence-corrected chi connectivity index (χ1v) is 8.18. The lowest BCUT2D eigenvalue weighted by molar-refractivity contribution is 0.157. The normalized spacial score (nSPS) is 21.3. The summed E-state index contributed by atoms with van der Waals surface area (Å²) in [6.45, 7) is 5.36. The number of carbonyl (C=O) groups excluding carboxylic acids is 2. The monoisotopic (exact) mass is 317 g/mol. The average Bonchev–Trinajstić information content (AvgIpc) is 2.93. The van der Waals surface area contributed by atoms with E-state index in [0.29, 0.717) is 25.6 Å². The highest BCUT2D eigenvalue weighted by atomic mass is 16.6. The summed E-state index contributed by atoms with van der Waals surface area (Å²) in [6, 6.07) is 7.58. The maximum atomic E-state index is 12.4.